The van der Waals surface area contributed by atoms with Crippen molar-refractivity contribution < 1.29 is 24.2 Å². The molecule has 0 bridgehead atoms. The molecule has 7 heteroatoms. The number of benzene rings is 1. The third kappa shape index (κ3) is 6.37. The molecule has 23 heavy (non-hydrogen) atoms. The highest BCUT2D eigenvalue weighted by Gasteiger charge is 2.14. The fraction of sp³-hybridized carbons (Fsp3) is 0.438. The minimum absolute atomic E-state index is 0.119. The lowest BCUT2D eigenvalue weighted by Gasteiger charge is -2.20. The molecule has 0 aliphatic heterocycles. The van der Waals surface area contributed by atoms with Crippen molar-refractivity contribution in [2.45, 2.75) is 20.3 Å². The molecule has 0 aromatic heterocycles. The van der Waals surface area contributed by atoms with Crippen molar-refractivity contribution >= 4 is 17.8 Å². The maximum atomic E-state index is 12.0. The fourth-order valence-corrected chi connectivity index (χ4v) is 1.93. The van der Waals surface area contributed by atoms with E-state index in [0.29, 0.717) is 24.5 Å². The quantitative estimate of drug-likeness (QED) is 0.711. The Bertz CT molecular complexity index is 542. The van der Waals surface area contributed by atoms with Gasteiger partial charge in [0.15, 0.2) is 0 Å². The number of carboxylic acids is 1. The summed E-state index contributed by atoms with van der Waals surface area (Å²) in [5.74, 6) is -0.968. The van der Waals surface area contributed by atoms with Crippen molar-refractivity contribution in [3.8, 4) is 5.75 Å². The first-order valence-corrected chi connectivity index (χ1v) is 7.48. The van der Waals surface area contributed by atoms with Gasteiger partial charge < -0.3 is 20.1 Å². The lowest BCUT2D eigenvalue weighted by molar-refractivity contribution is -0.138. The maximum Gasteiger partial charge on any atom is 0.305 e. The highest BCUT2D eigenvalue weighted by molar-refractivity contribution is 5.96. The average molecular weight is 322 g/mol. The Morgan fingerprint density at radius 2 is 1.83 bits per heavy atom. The van der Waals surface area contributed by atoms with E-state index in [1.807, 2.05) is 6.92 Å². The first kappa shape index (κ1) is 18.5. The molecule has 2 N–H and O–H groups in total. The Balaban J connectivity index is 2.50. The molecule has 0 heterocycles. The normalized spacial score (nSPS) is 10.0. The second kappa shape index (κ2) is 9.45. The fourth-order valence-electron chi connectivity index (χ4n) is 1.93. The molecule has 0 fully saturated rings. The Morgan fingerprint density at radius 3 is 2.35 bits per heavy atom. The molecule has 0 spiro atoms. The van der Waals surface area contributed by atoms with Crippen molar-refractivity contribution in [1.82, 2.24) is 10.2 Å². The van der Waals surface area contributed by atoms with E-state index in [1.165, 1.54) is 4.90 Å². The van der Waals surface area contributed by atoms with Gasteiger partial charge in [-0.05, 0) is 38.1 Å². The van der Waals surface area contributed by atoms with Gasteiger partial charge in [0.25, 0.3) is 5.91 Å². The van der Waals surface area contributed by atoms with Crippen LogP contribution >= 0.6 is 0 Å². The molecule has 0 saturated heterocycles. The molecule has 0 unspecified atom stereocenters. The number of carbonyl (C=O) groups is 3. The molecule has 7 nitrogen and oxygen atoms in total. The largest absolute Gasteiger partial charge is 0.494 e. The average Bonchev–Trinajstić information content (AvgIpc) is 2.54. The predicted molar refractivity (Wildman–Crippen MR) is 84.5 cm³/mol. The first-order chi connectivity index (χ1) is 11.0. The molecule has 0 atom stereocenters. The maximum absolute atomic E-state index is 12.0. The number of ether oxygens (including phenoxy) is 1. The minimum Gasteiger partial charge on any atom is -0.494 e. The van der Waals surface area contributed by atoms with Gasteiger partial charge in [-0.1, -0.05) is 0 Å². The zero-order valence-electron chi connectivity index (χ0n) is 13.4. The summed E-state index contributed by atoms with van der Waals surface area (Å²) >= 11 is 0. The molecular formula is C16H22N2O5. The van der Waals surface area contributed by atoms with E-state index in [1.54, 1.807) is 31.2 Å². The minimum atomic E-state index is -0.963. The molecule has 0 radical (unpaired) electrons. The summed E-state index contributed by atoms with van der Waals surface area (Å²) in [4.78, 5) is 35.9. The van der Waals surface area contributed by atoms with Crippen LogP contribution in [0.5, 0.6) is 5.75 Å². The van der Waals surface area contributed by atoms with Gasteiger partial charge >= 0.3 is 5.97 Å². The number of nitrogens with zero attached hydrogens (tertiary/aromatic N) is 1. The lowest BCUT2D eigenvalue weighted by atomic mass is 10.2. The number of carboxylic acid groups (broad SMARTS) is 1. The van der Waals surface area contributed by atoms with Gasteiger partial charge in [0.05, 0.1) is 19.6 Å². The number of hydrogen-bond acceptors (Lipinski definition) is 4. The topological polar surface area (TPSA) is 95.9 Å². The number of hydrogen-bond donors (Lipinski definition) is 2. The zero-order chi connectivity index (χ0) is 17.2. The van der Waals surface area contributed by atoms with Crippen molar-refractivity contribution in [2.24, 2.45) is 0 Å². The molecular weight excluding hydrogens is 300 g/mol. The smallest absolute Gasteiger partial charge is 0.305 e. The predicted octanol–water partition coefficient (Wildman–Crippen LogP) is 1.14. The molecule has 0 saturated carbocycles. The van der Waals surface area contributed by atoms with E-state index in [2.05, 4.69) is 5.32 Å². The van der Waals surface area contributed by atoms with Gasteiger partial charge in [-0.15, -0.1) is 0 Å². The van der Waals surface area contributed by atoms with Crippen LogP contribution in [0.3, 0.4) is 0 Å². The van der Waals surface area contributed by atoms with E-state index >= 15 is 0 Å². The van der Waals surface area contributed by atoms with Crippen molar-refractivity contribution in [3.05, 3.63) is 29.8 Å². The molecule has 2 amide bonds. The van der Waals surface area contributed by atoms with Crippen LogP contribution in [0, 0.1) is 0 Å². The number of amides is 2. The van der Waals surface area contributed by atoms with Crippen molar-refractivity contribution in [2.75, 3.05) is 26.2 Å². The van der Waals surface area contributed by atoms with Gasteiger partial charge in [-0.3, -0.25) is 14.4 Å². The summed E-state index contributed by atoms with van der Waals surface area (Å²) in [6.07, 6.45) is -0.119. The molecule has 126 valence electrons. The van der Waals surface area contributed by atoms with Gasteiger partial charge in [-0.2, -0.15) is 0 Å². The second-order valence-corrected chi connectivity index (χ2v) is 4.76. The molecule has 1 aromatic rings. The summed E-state index contributed by atoms with van der Waals surface area (Å²) in [6, 6.07) is 6.61. The Morgan fingerprint density at radius 1 is 1.17 bits per heavy atom. The van der Waals surface area contributed by atoms with E-state index in [0.717, 1.165) is 0 Å². The summed E-state index contributed by atoms with van der Waals surface area (Å²) < 4.78 is 5.29. The van der Waals surface area contributed by atoms with E-state index < -0.39 is 5.97 Å². The Kier molecular flexibility index (Phi) is 7.59. The molecule has 0 aliphatic rings. The molecule has 1 rings (SSSR count). The van der Waals surface area contributed by atoms with Crippen LogP contribution < -0.4 is 10.1 Å². The van der Waals surface area contributed by atoms with Crippen LogP contribution in [-0.4, -0.2) is 54.0 Å². The molecule has 1 aromatic carbocycles. The van der Waals surface area contributed by atoms with E-state index in [4.69, 9.17) is 9.84 Å². The van der Waals surface area contributed by atoms with Crippen LogP contribution in [0.15, 0.2) is 24.3 Å². The summed E-state index contributed by atoms with van der Waals surface area (Å²) in [6.45, 7) is 4.53. The number of rotatable bonds is 9. The monoisotopic (exact) mass is 322 g/mol. The van der Waals surface area contributed by atoms with Crippen molar-refractivity contribution in [1.29, 1.82) is 0 Å². The summed E-state index contributed by atoms with van der Waals surface area (Å²) in [7, 11) is 0. The van der Waals surface area contributed by atoms with Gasteiger partial charge in [-0.25, -0.2) is 0 Å². The number of carbonyl (C=O) groups excluding carboxylic acids is 2. The van der Waals surface area contributed by atoms with Crippen LogP contribution in [0.2, 0.25) is 0 Å². The van der Waals surface area contributed by atoms with Crippen molar-refractivity contribution in [3.63, 3.8) is 0 Å². The lowest BCUT2D eigenvalue weighted by Crippen LogP contribution is -2.41. The number of likely N-dealkylation sites (N-methyl/N-ethyl adjacent to an activating group) is 1. The SMILES string of the molecule is CCOc1ccc(C(=O)NCC(=O)N(CC)CCC(=O)O)cc1. The van der Waals surface area contributed by atoms with Crippen LogP contribution in [0.1, 0.15) is 30.6 Å². The first-order valence-electron chi connectivity index (χ1n) is 7.48. The van der Waals surface area contributed by atoms with E-state index in [-0.39, 0.29) is 31.3 Å². The summed E-state index contributed by atoms with van der Waals surface area (Å²) in [5.41, 5.74) is 0.426. The number of aliphatic carboxylic acids is 1. The molecule has 0 aliphatic carbocycles. The van der Waals surface area contributed by atoms with Crippen LogP contribution in [0.25, 0.3) is 0 Å². The van der Waals surface area contributed by atoms with E-state index in [9.17, 15) is 14.4 Å². The Hall–Kier alpha value is -2.57. The number of nitrogens with one attached hydrogen (secondary N) is 1. The third-order valence-electron chi connectivity index (χ3n) is 3.16. The van der Waals surface area contributed by atoms with Gasteiger partial charge in [0.2, 0.25) is 5.91 Å². The second-order valence-electron chi connectivity index (χ2n) is 4.76. The summed E-state index contributed by atoms with van der Waals surface area (Å²) in [5, 5.41) is 11.2. The highest BCUT2D eigenvalue weighted by atomic mass is 16.5. The standard InChI is InChI=1S/C16H22N2O5/c1-3-18(10-9-15(20)21)14(19)11-17-16(22)12-5-7-13(8-6-12)23-4-2/h5-8H,3-4,9-11H2,1-2H3,(H,17,22)(H,20,21). The highest BCUT2D eigenvalue weighted by Crippen LogP contribution is 2.11. The van der Waals surface area contributed by atoms with Crippen LogP contribution in [-0.2, 0) is 9.59 Å². The van der Waals surface area contributed by atoms with Crippen LogP contribution in [0.4, 0.5) is 0 Å². The van der Waals surface area contributed by atoms with Gasteiger partial charge in [0, 0.05) is 18.7 Å². The Labute approximate surface area is 135 Å². The van der Waals surface area contributed by atoms with Gasteiger partial charge in [0.1, 0.15) is 5.75 Å². The third-order valence-corrected chi connectivity index (χ3v) is 3.16. The zero-order valence-corrected chi connectivity index (χ0v) is 13.4.